The van der Waals surface area contributed by atoms with E-state index in [0.29, 0.717) is 29.6 Å². The van der Waals surface area contributed by atoms with E-state index < -0.39 is 5.97 Å². The number of aryl methyl sites for hydroxylation is 1. The van der Waals surface area contributed by atoms with Gasteiger partial charge in [-0.3, -0.25) is 4.98 Å². The monoisotopic (exact) mass is 330 g/mol. The van der Waals surface area contributed by atoms with Crippen molar-refractivity contribution in [1.29, 1.82) is 0 Å². The molecule has 23 heavy (non-hydrogen) atoms. The van der Waals surface area contributed by atoms with Crippen LogP contribution in [0.3, 0.4) is 0 Å². The van der Waals surface area contributed by atoms with Gasteiger partial charge in [0.25, 0.3) is 0 Å². The second-order valence-electron chi connectivity index (χ2n) is 5.08. The van der Waals surface area contributed by atoms with Crippen LogP contribution in [0, 0.1) is 6.92 Å². The number of carbonyl (C=O) groups excluding carboxylic acids is 1. The number of aromatic nitrogens is 4. The van der Waals surface area contributed by atoms with Crippen LogP contribution in [0.2, 0.25) is 5.02 Å². The second kappa shape index (κ2) is 6.34. The lowest BCUT2D eigenvalue weighted by molar-refractivity contribution is 0.0511. The van der Waals surface area contributed by atoms with E-state index >= 15 is 0 Å². The molecule has 0 amide bonds. The molecule has 0 aliphatic carbocycles. The maximum Gasteiger partial charge on any atom is 0.358 e. The molecule has 7 heteroatoms. The summed E-state index contributed by atoms with van der Waals surface area (Å²) in [6.45, 7) is 4.22. The molecule has 0 saturated carbocycles. The van der Waals surface area contributed by atoms with Gasteiger partial charge >= 0.3 is 5.97 Å². The number of fused-ring (bicyclic) bond motifs is 1. The topological polar surface area (TPSA) is 69.9 Å². The van der Waals surface area contributed by atoms with Crippen LogP contribution in [0.4, 0.5) is 0 Å². The van der Waals surface area contributed by atoms with E-state index in [2.05, 4.69) is 15.3 Å². The highest BCUT2D eigenvalue weighted by molar-refractivity contribution is 6.31. The van der Waals surface area contributed by atoms with Crippen molar-refractivity contribution in [1.82, 2.24) is 20.0 Å². The van der Waals surface area contributed by atoms with Crippen LogP contribution in [0.15, 0.2) is 30.5 Å². The third-order valence-corrected chi connectivity index (χ3v) is 3.62. The van der Waals surface area contributed by atoms with Gasteiger partial charge in [-0.05, 0) is 37.6 Å². The molecule has 0 fully saturated rings. The van der Waals surface area contributed by atoms with Gasteiger partial charge < -0.3 is 4.74 Å². The summed E-state index contributed by atoms with van der Waals surface area (Å²) >= 11 is 5.98. The number of carbonyl (C=O) groups is 1. The van der Waals surface area contributed by atoms with Gasteiger partial charge in [0.1, 0.15) is 0 Å². The van der Waals surface area contributed by atoms with Crippen molar-refractivity contribution in [2.75, 3.05) is 6.61 Å². The SMILES string of the molecule is CCOC(=O)c1c(C)nnn1Cc1ccc2ncc(Cl)cc2c1. The highest BCUT2D eigenvalue weighted by atomic mass is 35.5. The lowest BCUT2D eigenvalue weighted by Gasteiger charge is -2.07. The molecule has 1 aromatic carbocycles. The molecule has 6 nitrogen and oxygen atoms in total. The number of halogens is 1. The van der Waals surface area contributed by atoms with Crippen molar-refractivity contribution in [2.45, 2.75) is 20.4 Å². The van der Waals surface area contributed by atoms with E-state index in [1.807, 2.05) is 24.3 Å². The summed E-state index contributed by atoms with van der Waals surface area (Å²) in [4.78, 5) is 16.3. The van der Waals surface area contributed by atoms with Crippen LogP contribution in [-0.2, 0) is 11.3 Å². The standard InChI is InChI=1S/C16H15ClN4O2/c1-3-23-16(22)15-10(2)19-20-21(15)9-11-4-5-14-12(6-11)7-13(17)8-18-14/h4-8H,3,9H2,1-2H3. The van der Waals surface area contributed by atoms with E-state index in [4.69, 9.17) is 16.3 Å². The predicted octanol–water partition coefficient (Wildman–Crippen LogP) is 3.01. The number of esters is 1. The number of pyridine rings is 1. The molecular weight excluding hydrogens is 316 g/mol. The van der Waals surface area contributed by atoms with Gasteiger partial charge in [-0.2, -0.15) is 0 Å². The van der Waals surface area contributed by atoms with Crippen molar-refractivity contribution in [3.63, 3.8) is 0 Å². The zero-order valence-electron chi connectivity index (χ0n) is 12.8. The second-order valence-corrected chi connectivity index (χ2v) is 5.52. The molecular formula is C16H15ClN4O2. The zero-order valence-corrected chi connectivity index (χ0v) is 13.5. The summed E-state index contributed by atoms with van der Waals surface area (Å²) in [7, 11) is 0. The van der Waals surface area contributed by atoms with Gasteiger partial charge in [-0.25, -0.2) is 9.48 Å². The maximum absolute atomic E-state index is 12.0. The Hall–Kier alpha value is -2.47. The molecule has 118 valence electrons. The van der Waals surface area contributed by atoms with Crippen LogP contribution >= 0.6 is 11.6 Å². The van der Waals surface area contributed by atoms with Crippen molar-refractivity contribution in [3.05, 3.63) is 52.4 Å². The third-order valence-electron chi connectivity index (χ3n) is 3.42. The van der Waals surface area contributed by atoms with E-state index in [9.17, 15) is 4.79 Å². The molecule has 0 spiro atoms. The van der Waals surface area contributed by atoms with Crippen LogP contribution < -0.4 is 0 Å². The Balaban J connectivity index is 1.94. The fraction of sp³-hybridized carbons (Fsp3) is 0.250. The molecule has 0 bridgehead atoms. The minimum absolute atomic E-state index is 0.309. The van der Waals surface area contributed by atoms with Gasteiger partial charge in [0.2, 0.25) is 0 Å². The maximum atomic E-state index is 12.0. The first-order valence-electron chi connectivity index (χ1n) is 7.20. The molecule has 3 rings (SSSR count). The highest BCUT2D eigenvalue weighted by Crippen LogP contribution is 2.19. The van der Waals surface area contributed by atoms with Gasteiger partial charge in [0.15, 0.2) is 5.69 Å². The molecule has 2 aromatic heterocycles. The Kier molecular flexibility index (Phi) is 4.25. The summed E-state index contributed by atoms with van der Waals surface area (Å²) in [5, 5.41) is 9.52. The fourth-order valence-electron chi connectivity index (χ4n) is 2.39. The zero-order chi connectivity index (χ0) is 16.4. The molecule has 0 saturated heterocycles. The Morgan fingerprint density at radius 1 is 1.35 bits per heavy atom. The highest BCUT2D eigenvalue weighted by Gasteiger charge is 2.19. The lowest BCUT2D eigenvalue weighted by Crippen LogP contribution is -2.15. The lowest BCUT2D eigenvalue weighted by atomic mass is 10.1. The molecule has 0 aliphatic rings. The molecule has 0 atom stereocenters. The molecule has 0 radical (unpaired) electrons. The Morgan fingerprint density at radius 2 is 2.17 bits per heavy atom. The van der Waals surface area contributed by atoms with Crippen LogP contribution in [0.1, 0.15) is 28.7 Å². The summed E-state index contributed by atoms with van der Waals surface area (Å²) in [6.07, 6.45) is 1.61. The minimum Gasteiger partial charge on any atom is -0.461 e. The predicted molar refractivity (Wildman–Crippen MR) is 86.6 cm³/mol. The number of ether oxygens (including phenoxy) is 1. The van der Waals surface area contributed by atoms with Crippen molar-refractivity contribution in [2.24, 2.45) is 0 Å². The van der Waals surface area contributed by atoms with Gasteiger partial charge in [-0.1, -0.05) is 22.9 Å². The first-order valence-corrected chi connectivity index (χ1v) is 7.57. The van der Waals surface area contributed by atoms with Crippen molar-refractivity contribution < 1.29 is 9.53 Å². The third kappa shape index (κ3) is 3.17. The Bertz CT molecular complexity index is 876. The quantitative estimate of drug-likeness (QED) is 0.688. The normalized spacial score (nSPS) is 10.9. The van der Waals surface area contributed by atoms with Gasteiger partial charge in [-0.15, -0.1) is 5.10 Å². The molecule has 3 aromatic rings. The van der Waals surface area contributed by atoms with Gasteiger partial charge in [0.05, 0.1) is 29.4 Å². The van der Waals surface area contributed by atoms with Crippen LogP contribution in [0.25, 0.3) is 10.9 Å². The van der Waals surface area contributed by atoms with E-state index in [-0.39, 0.29) is 0 Å². The first kappa shape index (κ1) is 15.4. The molecule has 0 N–H and O–H groups in total. The van der Waals surface area contributed by atoms with Crippen LogP contribution in [0.5, 0.6) is 0 Å². The number of benzene rings is 1. The molecule has 0 aliphatic heterocycles. The van der Waals surface area contributed by atoms with E-state index in [1.54, 1.807) is 24.7 Å². The average Bonchev–Trinajstić information content (AvgIpc) is 2.88. The molecule has 2 heterocycles. The Labute approximate surface area is 138 Å². The summed E-state index contributed by atoms with van der Waals surface area (Å²) < 4.78 is 6.61. The average molecular weight is 331 g/mol. The largest absolute Gasteiger partial charge is 0.461 e. The summed E-state index contributed by atoms with van der Waals surface area (Å²) in [6, 6.07) is 7.68. The minimum atomic E-state index is -0.416. The van der Waals surface area contributed by atoms with Crippen molar-refractivity contribution in [3.8, 4) is 0 Å². The number of nitrogens with zero attached hydrogens (tertiary/aromatic N) is 4. The smallest absolute Gasteiger partial charge is 0.358 e. The number of hydrogen-bond acceptors (Lipinski definition) is 5. The molecule has 0 unspecified atom stereocenters. The first-order chi connectivity index (χ1) is 11.1. The van der Waals surface area contributed by atoms with Crippen LogP contribution in [-0.4, -0.2) is 32.6 Å². The Morgan fingerprint density at radius 3 is 2.96 bits per heavy atom. The van der Waals surface area contributed by atoms with Gasteiger partial charge in [0, 0.05) is 11.6 Å². The summed E-state index contributed by atoms with van der Waals surface area (Å²) in [5.41, 5.74) is 2.75. The number of hydrogen-bond donors (Lipinski definition) is 0. The fourth-order valence-corrected chi connectivity index (χ4v) is 2.55. The summed E-state index contributed by atoms with van der Waals surface area (Å²) in [5.74, 6) is -0.416. The van der Waals surface area contributed by atoms with E-state index in [1.165, 1.54) is 0 Å². The number of rotatable bonds is 4. The van der Waals surface area contributed by atoms with E-state index in [0.717, 1.165) is 16.5 Å². The van der Waals surface area contributed by atoms with Crippen molar-refractivity contribution >= 4 is 28.5 Å².